The summed E-state index contributed by atoms with van der Waals surface area (Å²) in [6.07, 6.45) is 1.29. The van der Waals surface area contributed by atoms with Crippen molar-refractivity contribution in [3.63, 3.8) is 0 Å². The van der Waals surface area contributed by atoms with Crippen molar-refractivity contribution in [2.24, 2.45) is 0 Å². The van der Waals surface area contributed by atoms with Crippen molar-refractivity contribution >= 4 is 35.0 Å². The molecule has 8 heteroatoms. The van der Waals surface area contributed by atoms with Crippen LogP contribution in [0.3, 0.4) is 0 Å². The first-order valence-electron chi connectivity index (χ1n) is 10.2. The van der Waals surface area contributed by atoms with E-state index in [1.165, 1.54) is 0 Å². The minimum Gasteiger partial charge on any atom is -0.497 e. The van der Waals surface area contributed by atoms with Crippen LogP contribution < -0.4 is 9.47 Å². The molecule has 1 fully saturated rings. The lowest BCUT2D eigenvalue weighted by atomic mass is 10.1. The molecule has 31 heavy (non-hydrogen) atoms. The molecule has 2 aromatic rings. The van der Waals surface area contributed by atoms with E-state index in [1.54, 1.807) is 25.3 Å². The Morgan fingerprint density at radius 3 is 2.35 bits per heavy atom. The molecule has 0 unspecified atom stereocenters. The zero-order valence-corrected chi connectivity index (χ0v) is 19.0. The number of rotatable bonds is 8. The van der Waals surface area contributed by atoms with Gasteiger partial charge in [-0.05, 0) is 36.2 Å². The van der Waals surface area contributed by atoms with Gasteiger partial charge in [0, 0.05) is 32.6 Å². The zero-order valence-electron chi connectivity index (χ0n) is 17.5. The molecular weight excluding hydrogens is 439 g/mol. The number of carbonyl (C=O) groups is 2. The Hall–Kier alpha value is -2.44. The highest BCUT2D eigenvalue weighted by Gasteiger charge is 2.24. The van der Waals surface area contributed by atoms with Gasteiger partial charge in [0.05, 0.1) is 25.2 Å². The van der Waals surface area contributed by atoms with Crippen LogP contribution in [0.15, 0.2) is 42.5 Å². The molecule has 0 radical (unpaired) electrons. The topological polar surface area (TPSA) is 59.1 Å². The Morgan fingerprint density at radius 2 is 1.65 bits per heavy atom. The number of nitrogens with zero attached hydrogens (tertiary/aromatic N) is 2. The highest BCUT2D eigenvalue weighted by molar-refractivity contribution is 6.42. The van der Waals surface area contributed by atoms with Crippen molar-refractivity contribution in [2.45, 2.75) is 19.3 Å². The minimum atomic E-state index is 0.0622. The average Bonchev–Trinajstić information content (AvgIpc) is 2.79. The maximum absolute atomic E-state index is 12.6. The highest BCUT2D eigenvalue weighted by atomic mass is 35.5. The number of ether oxygens (including phenoxy) is 2. The van der Waals surface area contributed by atoms with Crippen LogP contribution in [0.4, 0.5) is 0 Å². The van der Waals surface area contributed by atoms with Gasteiger partial charge in [-0.1, -0.05) is 41.4 Å². The van der Waals surface area contributed by atoms with Crippen molar-refractivity contribution < 1.29 is 19.1 Å². The molecule has 0 bridgehead atoms. The molecule has 0 spiro atoms. The molecule has 1 aliphatic rings. The van der Waals surface area contributed by atoms with Gasteiger partial charge in [-0.25, -0.2) is 0 Å². The number of hydrogen-bond donors (Lipinski definition) is 0. The van der Waals surface area contributed by atoms with Crippen molar-refractivity contribution in [2.75, 3.05) is 39.9 Å². The van der Waals surface area contributed by atoms with E-state index in [0.29, 0.717) is 67.8 Å². The standard InChI is InChI=1S/C23H26Cl2N2O4/c1-30-18-6-2-5-17(15-18)16-22(29)27-12-10-26(11-13-27)21(28)9-4-14-31-20-8-3-7-19(24)23(20)25/h2-3,5-8,15H,4,9-14,16H2,1H3. The van der Waals surface area contributed by atoms with Gasteiger partial charge in [-0.3, -0.25) is 9.59 Å². The Kier molecular flexibility index (Phi) is 8.43. The summed E-state index contributed by atoms with van der Waals surface area (Å²) in [6.45, 7) is 2.56. The molecule has 0 aliphatic carbocycles. The minimum absolute atomic E-state index is 0.0622. The second-order valence-electron chi connectivity index (χ2n) is 7.29. The van der Waals surface area contributed by atoms with Crippen molar-refractivity contribution in [1.82, 2.24) is 9.80 Å². The molecule has 0 N–H and O–H groups in total. The third-order valence-electron chi connectivity index (χ3n) is 5.18. The summed E-state index contributed by atoms with van der Waals surface area (Å²) in [5.41, 5.74) is 0.919. The predicted octanol–water partition coefficient (Wildman–Crippen LogP) is 4.07. The van der Waals surface area contributed by atoms with Crippen LogP contribution >= 0.6 is 23.2 Å². The van der Waals surface area contributed by atoms with Crippen LogP contribution in [-0.4, -0.2) is 61.5 Å². The number of carbonyl (C=O) groups excluding carboxylic acids is 2. The summed E-state index contributed by atoms with van der Waals surface area (Å²) < 4.78 is 10.8. The smallest absolute Gasteiger partial charge is 0.227 e. The number of hydrogen-bond acceptors (Lipinski definition) is 4. The monoisotopic (exact) mass is 464 g/mol. The lowest BCUT2D eigenvalue weighted by molar-refractivity contribution is -0.139. The first-order chi connectivity index (χ1) is 15.0. The fraction of sp³-hybridized carbons (Fsp3) is 0.391. The SMILES string of the molecule is COc1cccc(CC(=O)N2CCN(C(=O)CCCOc3cccc(Cl)c3Cl)CC2)c1. The van der Waals surface area contributed by atoms with E-state index in [9.17, 15) is 9.59 Å². The van der Waals surface area contributed by atoms with Gasteiger partial charge in [0.2, 0.25) is 11.8 Å². The van der Waals surface area contributed by atoms with E-state index in [1.807, 2.05) is 34.1 Å². The number of amides is 2. The quantitative estimate of drug-likeness (QED) is 0.552. The molecule has 1 saturated heterocycles. The summed E-state index contributed by atoms with van der Waals surface area (Å²) in [4.78, 5) is 28.7. The lowest BCUT2D eigenvalue weighted by Crippen LogP contribution is -2.51. The van der Waals surface area contributed by atoms with Gasteiger partial charge >= 0.3 is 0 Å². The summed E-state index contributed by atoms with van der Waals surface area (Å²) in [5, 5.41) is 0.819. The molecule has 166 valence electrons. The summed E-state index contributed by atoms with van der Waals surface area (Å²) in [6, 6.07) is 12.7. The third kappa shape index (κ3) is 6.52. The number of methoxy groups -OCH3 is 1. The third-order valence-corrected chi connectivity index (χ3v) is 5.98. The van der Waals surface area contributed by atoms with Gasteiger partial charge in [0.25, 0.3) is 0 Å². The van der Waals surface area contributed by atoms with E-state index in [-0.39, 0.29) is 11.8 Å². The molecule has 0 saturated carbocycles. The zero-order chi connectivity index (χ0) is 22.2. The van der Waals surface area contributed by atoms with Crippen LogP contribution in [0.1, 0.15) is 18.4 Å². The van der Waals surface area contributed by atoms with E-state index < -0.39 is 0 Å². The molecular formula is C23H26Cl2N2O4. The predicted molar refractivity (Wildman–Crippen MR) is 121 cm³/mol. The van der Waals surface area contributed by atoms with Gasteiger partial charge in [-0.2, -0.15) is 0 Å². The van der Waals surface area contributed by atoms with Crippen LogP contribution in [0, 0.1) is 0 Å². The fourth-order valence-electron chi connectivity index (χ4n) is 3.43. The normalized spacial score (nSPS) is 13.8. The van der Waals surface area contributed by atoms with Crippen LogP contribution in [0.5, 0.6) is 11.5 Å². The van der Waals surface area contributed by atoms with Crippen molar-refractivity contribution in [3.8, 4) is 11.5 Å². The second-order valence-corrected chi connectivity index (χ2v) is 8.08. The van der Waals surface area contributed by atoms with Crippen molar-refractivity contribution in [1.29, 1.82) is 0 Å². The fourth-order valence-corrected chi connectivity index (χ4v) is 3.78. The first kappa shape index (κ1) is 23.2. The average molecular weight is 465 g/mol. The van der Waals surface area contributed by atoms with Gasteiger partial charge in [0.15, 0.2) is 0 Å². The molecule has 1 heterocycles. The molecule has 2 aromatic carbocycles. The van der Waals surface area contributed by atoms with Gasteiger partial charge in [0.1, 0.15) is 16.5 Å². The maximum Gasteiger partial charge on any atom is 0.227 e. The van der Waals surface area contributed by atoms with E-state index in [4.69, 9.17) is 32.7 Å². The van der Waals surface area contributed by atoms with Gasteiger partial charge in [-0.15, -0.1) is 0 Å². The first-order valence-corrected chi connectivity index (χ1v) is 11.0. The number of benzene rings is 2. The van der Waals surface area contributed by atoms with E-state index in [2.05, 4.69) is 0 Å². The van der Waals surface area contributed by atoms with Crippen LogP contribution in [0.2, 0.25) is 10.0 Å². The Labute approximate surface area is 192 Å². The van der Waals surface area contributed by atoms with E-state index in [0.717, 1.165) is 11.3 Å². The lowest BCUT2D eigenvalue weighted by Gasteiger charge is -2.35. The van der Waals surface area contributed by atoms with Crippen LogP contribution in [-0.2, 0) is 16.0 Å². The second kappa shape index (κ2) is 11.3. The van der Waals surface area contributed by atoms with Crippen molar-refractivity contribution in [3.05, 3.63) is 58.1 Å². The molecule has 0 atom stereocenters. The molecule has 6 nitrogen and oxygen atoms in total. The summed E-state index contributed by atoms with van der Waals surface area (Å²) in [7, 11) is 1.61. The molecule has 3 rings (SSSR count). The number of halogens is 2. The van der Waals surface area contributed by atoms with E-state index >= 15 is 0 Å². The molecule has 0 aromatic heterocycles. The van der Waals surface area contributed by atoms with Gasteiger partial charge < -0.3 is 19.3 Å². The number of piperazine rings is 1. The molecule has 2 amide bonds. The Balaban J connectivity index is 1.38. The summed E-state index contributed by atoms with van der Waals surface area (Å²) in [5.74, 6) is 1.39. The summed E-state index contributed by atoms with van der Waals surface area (Å²) >= 11 is 12.1. The Morgan fingerprint density at radius 1 is 0.968 bits per heavy atom. The highest BCUT2D eigenvalue weighted by Crippen LogP contribution is 2.31. The largest absolute Gasteiger partial charge is 0.497 e. The van der Waals surface area contributed by atoms with Crippen LogP contribution in [0.25, 0.3) is 0 Å². The molecule has 1 aliphatic heterocycles. The maximum atomic E-state index is 12.6. The Bertz CT molecular complexity index is 914.